The van der Waals surface area contributed by atoms with Gasteiger partial charge in [0.1, 0.15) is 5.52 Å². The quantitative estimate of drug-likeness (QED) is 0.438. The molecule has 2 aromatic carbocycles. The van der Waals surface area contributed by atoms with Gasteiger partial charge in [-0.25, -0.2) is 9.97 Å². The van der Waals surface area contributed by atoms with Crippen LogP contribution in [0.3, 0.4) is 0 Å². The maximum atomic E-state index is 13.3. The first-order valence-electron chi connectivity index (χ1n) is 8.98. The fourth-order valence-electron chi connectivity index (χ4n) is 3.22. The fourth-order valence-corrected chi connectivity index (χ4v) is 3.72. The molecule has 30 heavy (non-hydrogen) atoms. The first-order chi connectivity index (χ1) is 14.2. The van der Waals surface area contributed by atoms with Crippen LogP contribution in [0.2, 0.25) is 0 Å². The lowest BCUT2D eigenvalue weighted by Gasteiger charge is -2.12. The number of fused-ring (bicyclic) bond motifs is 1. The molecule has 152 valence electrons. The number of hydrogen-bond acceptors (Lipinski definition) is 4. The summed E-state index contributed by atoms with van der Waals surface area (Å²) in [6.07, 6.45) is 0.353. The molecule has 4 nitrogen and oxygen atoms in total. The number of nitrogens with zero attached hydrogens (tertiary/aromatic N) is 3. The van der Waals surface area contributed by atoms with Gasteiger partial charge in [0.05, 0.1) is 38.2 Å². The molecule has 0 amide bonds. The summed E-state index contributed by atoms with van der Waals surface area (Å²) in [6, 6.07) is 13.1. The number of aromatic nitrogens is 3. The normalized spacial score (nSPS) is 12.8. The summed E-state index contributed by atoms with van der Waals surface area (Å²) in [6.45, 7) is 1.65. The Hall–Kier alpha value is -3.13. The summed E-state index contributed by atoms with van der Waals surface area (Å²) >= 11 is 0. The Labute approximate surface area is 173 Å². The number of hydrogen-bond donors (Lipinski definition) is 0. The highest BCUT2D eigenvalue weighted by atomic mass is 32.2. The summed E-state index contributed by atoms with van der Waals surface area (Å²) in [5.74, 6) is 0. The first kappa shape index (κ1) is 20.2. The minimum Gasteiger partial charge on any atom is -0.263 e. The maximum Gasteiger partial charge on any atom is 0.418 e. The van der Waals surface area contributed by atoms with E-state index >= 15 is 0 Å². The van der Waals surface area contributed by atoms with Crippen molar-refractivity contribution in [1.82, 2.24) is 15.0 Å². The highest BCUT2D eigenvalue weighted by molar-refractivity contribution is 7.84. The SMILES string of the molecule is Cc1nc2c(C(F)(F)F)cccc2nc1-c1ccc(-c2cncc(S(C)=O)c2)cc1. The van der Waals surface area contributed by atoms with E-state index in [2.05, 4.69) is 15.0 Å². The highest BCUT2D eigenvalue weighted by Crippen LogP contribution is 2.35. The Bertz CT molecular complexity index is 1270. The van der Waals surface area contributed by atoms with Crippen molar-refractivity contribution in [2.45, 2.75) is 18.0 Å². The van der Waals surface area contributed by atoms with Crippen molar-refractivity contribution in [2.24, 2.45) is 0 Å². The van der Waals surface area contributed by atoms with Crippen LogP contribution in [0, 0.1) is 6.92 Å². The van der Waals surface area contributed by atoms with Crippen LogP contribution in [0.15, 0.2) is 65.8 Å². The van der Waals surface area contributed by atoms with E-state index in [9.17, 15) is 17.4 Å². The van der Waals surface area contributed by atoms with Crippen molar-refractivity contribution in [2.75, 3.05) is 6.26 Å². The van der Waals surface area contributed by atoms with Gasteiger partial charge < -0.3 is 0 Å². The molecule has 0 N–H and O–H groups in total. The second-order valence-corrected chi connectivity index (χ2v) is 8.15. The monoisotopic (exact) mass is 427 g/mol. The Kier molecular flexibility index (Phi) is 5.11. The van der Waals surface area contributed by atoms with Gasteiger partial charge in [0.25, 0.3) is 0 Å². The molecule has 4 rings (SSSR count). The van der Waals surface area contributed by atoms with Crippen LogP contribution in [0.25, 0.3) is 33.4 Å². The zero-order valence-electron chi connectivity index (χ0n) is 16.1. The smallest absolute Gasteiger partial charge is 0.263 e. The molecular formula is C22H16F3N3OS. The van der Waals surface area contributed by atoms with Gasteiger partial charge in [0.15, 0.2) is 0 Å². The molecule has 2 aromatic heterocycles. The van der Waals surface area contributed by atoms with Crippen molar-refractivity contribution in [1.29, 1.82) is 0 Å². The molecule has 0 spiro atoms. The fraction of sp³-hybridized carbons (Fsp3) is 0.136. The Morgan fingerprint density at radius 2 is 1.60 bits per heavy atom. The minimum atomic E-state index is -4.49. The van der Waals surface area contributed by atoms with Gasteiger partial charge >= 0.3 is 6.18 Å². The van der Waals surface area contributed by atoms with Gasteiger partial charge in [0, 0.05) is 29.8 Å². The minimum absolute atomic E-state index is 0.154. The van der Waals surface area contributed by atoms with Gasteiger partial charge in [-0.05, 0) is 30.7 Å². The van der Waals surface area contributed by atoms with Crippen molar-refractivity contribution in [3.8, 4) is 22.4 Å². The van der Waals surface area contributed by atoms with E-state index in [1.165, 1.54) is 12.1 Å². The molecule has 0 saturated carbocycles. The molecule has 0 aliphatic heterocycles. The maximum absolute atomic E-state index is 13.3. The second kappa shape index (κ2) is 7.60. The van der Waals surface area contributed by atoms with E-state index < -0.39 is 22.5 Å². The molecule has 0 fully saturated rings. The largest absolute Gasteiger partial charge is 0.418 e. The zero-order valence-corrected chi connectivity index (χ0v) is 16.9. The Morgan fingerprint density at radius 1 is 0.900 bits per heavy atom. The van der Waals surface area contributed by atoms with E-state index in [0.29, 0.717) is 16.3 Å². The average molecular weight is 427 g/mol. The highest BCUT2D eigenvalue weighted by Gasteiger charge is 2.33. The Morgan fingerprint density at radius 3 is 2.27 bits per heavy atom. The number of halogens is 3. The third-order valence-electron chi connectivity index (χ3n) is 4.71. The van der Waals surface area contributed by atoms with Crippen LogP contribution in [-0.4, -0.2) is 25.4 Å². The van der Waals surface area contributed by atoms with Gasteiger partial charge in [-0.3, -0.25) is 9.19 Å². The third-order valence-corrected chi connectivity index (χ3v) is 5.60. The molecule has 1 atom stereocenters. The lowest BCUT2D eigenvalue weighted by atomic mass is 10.0. The predicted molar refractivity (Wildman–Crippen MR) is 110 cm³/mol. The number of pyridine rings is 1. The van der Waals surface area contributed by atoms with Crippen LogP contribution in [0.5, 0.6) is 0 Å². The van der Waals surface area contributed by atoms with Crippen LogP contribution < -0.4 is 0 Å². The van der Waals surface area contributed by atoms with Gasteiger partial charge in [-0.15, -0.1) is 0 Å². The van der Waals surface area contributed by atoms with Crippen molar-refractivity contribution in [3.05, 3.63) is 72.2 Å². The molecule has 0 aliphatic carbocycles. The number of alkyl halides is 3. The van der Waals surface area contributed by atoms with E-state index in [-0.39, 0.29) is 11.0 Å². The summed E-state index contributed by atoms with van der Waals surface area (Å²) < 4.78 is 51.5. The average Bonchev–Trinajstić information content (AvgIpc) is 2.72. The van der Waals surface area contributed by atoms with Crippen molar-refractivity contribution in [3.63, 3.8) is 0 Å². The molecule has 2 heterocycles. The molecule has 0 bridgehead atoms. The zero-order chi connectivity index (χ0) is 21.5. The number of aryl methyl sites for hydroxylation is 1. The molecule has 8 heteroatoms. The molecule has 1 unspecified atom stereocenters. The van der Waals surface area contributed by atoms with E-state index in [4.69, 9.17) is 0 Å². The van der Waals surface area contributed by atoms with Gasteiger partial charge in [-0.2, -0.15) is 13.2 Å². The van der Waals surface area contributed by atoms with E-state index in [1.54, 1.807) is 25.6 Å². The van der Waals surface area contributed by atoms with Crippen LogP contribution in [-0.2, 0) is 17.0 Å². The van der Waals surface area contributed by atoms with Gasteiger partial charge in [0.2, 0.25) is 0 Å². The summed E-state index contributed by atoms with van der Waals surface area (Å²) in [4.78, 5) is 13.4. The second-order valence-electron chi connectivity index (χ2n) is 6.77. The predicted octanol–water partition coefficient (Wildman–Crippen LogP) is 5.42. The molecule has 0 aliphatic rings. The number of para-hydroxylation sites is 1. The van der Waals surface area contributed by atoms with Crippen LogP contribution in [0.1, 0.15) is 11.3 Å². The van der Waals surface area contributed by atoms with Crippen molar-refractivity contribution < 1.29 is 17.4 Å². The standard InChI is InChI=1S/C22H16F3N3OS/c1-13-20(28-19-5-3-4-18(21(19)27-13)22(23,24)25)15-8-6-14(7-9-15)16-10-17(30(2)29)12-26-11-16/h3-12H,1-2H3. The van der Waals surface area contributed by atoms with Crippen LogP contribution in [0.4, 0.5) is 13.2 Å². The van der Waals surface area contributed by atoms with E-state index in [0.717, 1.165) is 22.8 Å². The summed E-state index contributed by atoms with van der Waals surface area (Å²) in [7, 11) is -1.13. The number of rotatable bonds is 3. The Balaban J connectivity index is 1.75. The van der Waals surface area contributed by atoms with Gasteiger partial charge in [-0.1, -0.05) is 30.3 Å². The summed E-state index contributed by atoms with van der Waals surface area (Å²) in [5, 5.41) is 0. The lowest BCUT2D eigenvalue weighted by Crippen LogP contribution is -2.08. The first-order valence-corrected chi connectivity index (χ1v) is 10.5. The van der Waals surface area contributed by atoms with Crippen LogP contribution >= 0.6 is 0 Å². The topological polar surface area (TPSA) is 55.7 Å². The van der Waals surface area contributed by atoms with E-state index in [1.807, 2.05) is 30.3 Å². The number of benzene rings is 2. The molecule has 4 aromatic rings. The molecule has 0 saturated heterocycles. The molecule has 0 radical (unpaired) electrons. The van der Waals surface area contributed by atoms with Crippen molar-refractivity contribution >= 4 is 21.8 Å². The summed E-state index contributed by atoms with van der Waals surface area (Å²) in [5.41, 5.74) is 2.63. The molecular weight excluding hydrogens is 411 g/mol. The third kappa shape index (κ3) is 3.82. The lowest BCUT2D eigenvalue weighted by molar-refractivity contribution is -0.136.